The van der Waals surface area contributed by atoms with Crippen molar-refractivity contribution < 1.29 is 0 Å². The van der Waals surface area contributed by atoms with Crippen LogP contribution in [0.15, 0.2) is 36.5 Å². The zero-order valence-corrected chi connectivity index (χ0v) is 11.8. The first-order valence-corrected chi connectivity index (χ1v) is 6.94. The van der Waals surface area contributed by atoms with Crippen LogP contribution in [0.25, 0.3) is 0 Å². The molecule has 0 unspecified atom stereocenters. The summed E-state index contributed by atoms with van der Waals surface area (Å²) < 4.78 is 0. The second kappa shape index (κ2) is 5.54. The molecule has 6 heteroatoms. The van der Waals surface area contributed by atoms with E-state index in [0.29, 0.717) is 11.8 Å². The third-order valence-corrected chi connectivity index (χ3v) is 3.67. The molecule has 2 N–H and O–H groups in total. The Morgan fingerprint density at radius 1 is 0.950 bits per heavy atom. The summed E-state index contributed by atoms with van der Waals surface area (Å²) in [6.07, 6.45) is 1.70. The number of anilines is 3. The molecule has 20 heavy (non-hydrogen) atoms. The SMILES string of the molecule is Nc1ccnc(N2CCN(c3ccc(Cl)cc3)CC2)n1. The minimum Gasteiger partial charge on any atom is -0.384 e. The van der Waals surface area contributed by atoms with Crippen LogP contribution in [0.3, 0.4) is 0 Å². The molecule has 1 aliphatic rings. The molecule has 1 aromatic carbocycles. The fraction of sp³-hybridized carbons (Fsp3) is 0.286. The van der Waals surface area contributed by atoms with Crippen molar-refractivity contribution in [1.29, 1.82) is 0 Å². The number of nitrogen functional groups attached to an aromatic ring is 1. The highest BCUT2D eigenvalue weighted by atomic mass is 35.5. The molecule has 5 nitrogen and oxygen atoms in total. The first-order chi connectivity index (χ1) is 9.72. The van der Waals surface area contributed by atoms with E-state index < -0.39 is 0 Å². The molecule has 1 saturated heterocycles. The van der Waals surface area contributed by atoms with Crippen LogP contribution >= 0.6 is 11.6 Å². The van der Waals surface area contributed by atoms with Crippen molar-refractivity contribution in [2.24, 2.45) is 0 Å². The highest BCUT2D eigenvalue weighted by Crippen LogP contribution is 2.20. The zero-order valence-electron chi connectivity index (χ0n) is 11.0. The second-order valence-electron chi connectivity index (χ2n) is 4.73. The van der Waals surface area contributed by atoms with Gasteiger partial charge in [0, 0.05) is 43.1 Å². The van der Waals surface area contributed by atoms with Crippen LogP contribution in [0.2, 0.25) is 5.02 Å². The van der Waals surface area contributed by atoms with E-state index in [-0.39, 0.29) is 0 Å². The van der Waals surface area contributed by atoms with Crippen molar-refractivity contribution >= 4 is 29.1 Å². The molecular formula is C14H16ClN5. The van der Waals surface area contributed by atoms with Gasteiger partial charge in [0.2, 0.25) is 5.95 Å². The van der Waals surface area contributed by atoms with Gasteiger partial charge in [0.1, 0.15) is 5.82 Å². The number of aromatic nitrogens is 2. The van der Waals surface area contributed by atoms with Gasteiger partial charge in [-0.05, 0) is 30.3 Å². The summed E-state index contributed by atoms with van der Waals surface area (Å²) in [7, 11) is 0. The molecule has 0 amide bonds. The predicted octanol–water partition coefficient (Wildman–Crippen LogP) is 2.04. The van der Waals surface area contributed by atoms with Crippen molar-refractivity contribution in [3.05, 3.63) is 41.6 Å². The Balaban J connectivity index is 1.66. The van der Waals surface area contributed by atoms with E-state index in [1.165, 1.54) is 5.69 Å². The van der Waals surface area contributed by atoms with Gasteiger partial charge in [-0.15, -0.1) is 0 Å². The van der Waals surface area contributed by atoms with Gasteiger partial charge in [0.05, 0.1) is 0 Å². The Hall–Kier alpha value is -2.01. The Kier molecular flexibility index (Phi) is 3.60. The summed E-state index contributed by atoms with van der Waals surface area (Å²) in [6, 6.07) is 9.64. The number of nitrogens with zero attached hydrogens (tertiary/aromatic N) is 4. The molecule has 0 radical (unpaired) electrons. The first kappa shape index (κ1) is 13.0. The summed E-state index contributed by atoms with van der Waals surface area (Å²) >= 11 is 5.91. The molecule has 3 rings (SSSR count). The Morgan fingerprint density at radius 2 is 1.60 bits per heavy atom. The van der Waals surface area contributed by atoms with Crippen molar-refractivity contribution in [3.8, 4) is 0 Å². The fourth-order valence-corrected chi connectivity index (χ4v) is 2.46. The van der Waals surface area contributed by atoms with E-state index in [2.05, 4.69) is 31.9 Å². The minimum atomic E-state index is 0.509. The van der Waals surface area contributed by atoms with Crippen molar-refractivity contribution in [1.82, 2.24) is 9.97 Å². The van der Waals surface area contributed by atoms with E-state index in [4.69, 9.17) is 17.3 Å². The van der Waals surface area contributed by atoms with E-state index in [1.807, 2.05) is 12.1 Å². The molecule has 0 atom stereocenters. The molecule has 0 aliphatic carbocycles. The molecule has 0 spiro atoms. The van der Waals surface area contributed by atoms with Crippen molar-refractivity contribution in [2.45, 2.75) is 0 Å². The molecule has 1 aromatic heterocycles. The van der Waals surface area contributed by atoms with Crippen LogP contribution in [0.4, 0.5) is 17.5 Å². The highest BCUT2D eigenvalue weighted by Gasteiger charge is 2.19. The van der Waals surface area contributed by atoms with Crippen LogP contribution < -0.4 is 15.5 Å². The van der Waals surface area contributed by atoms with Crippen molar-refractivity contribution in [3.63, 3.8) is 0 Å². The van der Waals surface area contributed by atoms with Gasteiger partial charge in [-0.2, -0.15) is 4.98 Å². The molecule has 104 valence electrons. The molecule has 0 bridgehead atoms. The van der Waals surface area contributed by atoms with E-state index in [9.17, 15) is 0 Å². The lowest BCUT2D eigenvalue weighted by Gasteiger charge is -2.36. The van der Waals surface area contributed by atoms with Gasteiger partial charge in [0.15, 0.2) is 0 Å². The number of nitrogens with two attached hydrogens (primary N) is 1. The average Bonchev–Trinajstić information content (AvgIpc) is 2.48. The lowest BCUT2D eigenvalue weighted by Crippen LogP contribution is -2.47. The maximum atomic E-state index is 5.91. The molecule has 0 saturated carbocycles. The number of piperazine rings is 1. The van der Waals surface area contributed by atoms with Crippen LogP contribution in [0.5, 0.6) is 0 Å². The zero-order chi connectivity index (χ0) is 13.9. The lowest BCUT2D eigenvalue weighted by molar-refractivity contribution is 0.640. The summed E-state index contributed by atoms with van der Waals surface area (Å²) in [5, 5.41) is 0.764. The quantitative estimate of drug-likeness (QED) is 0.917. The van der Waals surface area contributed by atoms with E-state index in [0.717, 1.165) is 31.2 Å². The summed E-state index contributed by atoms with van der Waals surface area (Å²) in [5.41, 5.74) is 6.89. The predicted molar refractivity (Wildman–Crippen MR) is 82.3 cm³/mol. The summed E-state index contributed by atoms with van der Waals surface area (Å²) in [5.74, 6) is 1.22. The van der Waals surface area contributed by atoms with Crippen LogP contribution in [-0.4, -0.2) is 36.1 Å². The van der Waals surface area contributed by atoms with E-state index in [1.54, 1.807) is 12.3 Å². The molecule has 2 heterocycles. The fourth-order valence-electron chi connectivity index (χ4n) is 2.33. The second-order valence-corrected chi connectivity index (χ2v) is 5.17. The van der Waals surface area contributed by atoms with Gasteiger partial charge in [-0.25, -0.2) is 4.98 Å². The monoisotopic (exact) mass is 289 g/mol. The normalized spacial score (nSPS) is 15.4. The Bertz CT molecular complexity index is 578. The topological polar surface area (TPSA) is 58.3 Å². The lowest BCUT2D eigenvalue weighted by atomic mass is 10.2. The standard InChI is InChI=1S/C14H16ClN5/c15-11-1-3-12(4-2-11)19-7-9-20(10-8-19)14-17-6-5-13(16)18-14/h1-6H,7-10H2,(H2,16,17,18). The smallest absolute Gasteiger partial charge is 0.227 e. The minimum absolute atomic E-state index is 0.509. The maximum Gasteiger partial charge on any atom is 0.227 e. The van der Waals surface area contributed by atoms with Gasteiger partial charge in [-0.3, -0.25) is 0 Å². The maximum absolute atomic E-state index is 5.91. The van der Waals surface area contributed by atoms with E-state index >= 15 is 0 Å². The van der Waals surface area contributed by atoms with Crippen molar-refractivity contribution in [2.75, 3.05) is 41.7 Å². The number of hydrogen-bond donors (Lipinski definition) is 1. The average molecular weight is 290 g/mol. The molecule has 1 fully saturated rings. The Labute approximate surface area is 123 Å². The van der Waals surface area contributed by atoms with Gasteiger partial charge in [0.25, 0.3) is 0 Å². The van der Waals surface area contributed by atoms with Gasteiger partial charge < -0.3 is 15.5 Å². The van der Waals surface area contributed by atoms with Gasteiger partial charge >= 0.3 is 0 Å². The third kappa shape index (κ3) is 2.77. The first-order valence-electron chi connectivity index (χ1n) is 6.56. The van der Waals surface area contributed by atoms with Crippen LogP contribution in [-0.2, 0) is 0 Å². The number of hydrogen-bond acceptors (Lipinski definition) is 5. The number of benzene rings is 1. The van der Waals surface area contributed by atoms with Crippen LogP contribution in [0.1, 0.15) is 0 Å². The van der Waals surface area contributed by atoms with Gasteiger partial charge in [-0.1, -0.05) is 11.6 Å². The van der Waals surface area contributed by atoms with Crippen LogP contribution in [0, 0.1) is 0 Å². The molecular weight excluding hydrogens is 274 g/mol. The summed E-state index contributed by atoms with van der Waals surface area (Å²) in [6.45, 7) is 3.62. The number of halogens is 1. The summed E-state index contributed by atoms with van der Waals surface area (Å²) in [4.78, 5) is 13.0. The largest absolute Gasteiger partial charge is 0.384 e. The third-order valence-electron chi connectivity index (χ3n) is 3.42. The highest BCUT2D eigenvalue weighted by molar-refractivity contribution is 6.30. The Morgan fingerprint density at radius 3 is 2.25 bits per heavy atom. The number of rotatable bonds is 2. The molecule has 2 aromatic rings. The molecule has 1 aliphatic heterocycles.